The number of amides is 1. The van der Waals surface area contributed by atoms with Gasteiger partial charge in [-0.05, 0) is 6.07 Å². The Bertz CT molecular complexity index is 737. The van der Waals surface area contributed by atoms with Gasteiger partial charge in [0.1, 0.15) is 11.4 Å². The van der Waals surface area contributed by atoms with E-state index >= 15 is 0 Å². The van der Waals surface area contributed by atoms with Crippen molar-refractivity contribution in [1.82, 2.24) is 9.55 Å². The van der Waals surface area contributed by atoms with Gasteiger partial charge in [0, 0.05) is 26.2 Å². The van der Waals surface area contributed by atoms with Crippen LogP contribution in [0, 0.1) is 0 Å². The summed E-state index contributed by atoms with van der Waals surface area (Å²) < 4.78 is 12.4. The van der Waals surface area contributed by atoms with Crippen LogP contribution in [-0.4, -0.2) is 48.9 Å². The van der Waals surface area contributed by atoms with E-state index in [1.54, 1.807) is 31.1 Å². The van der Waals surface area contributed by atoms with E-state index in [0.29, 0.717) is 36.0 Å². The number of ether oxygens (including phenoxy) is 2. The number of nitrogens with two attached hydrogens (primary N) is 1. The maximum atomic E-state index is 12.5. The molecule has 24 heavy (non-hydrogen) atoms. The molecule has 3 N–H and O–H groups in total. The van der Waals surface area contributed by atoms with E-state index in [-0.39, 0.29) is 5.91 Å². The van der Waals surface area contributed by atoms with Crippen molar-refractivity contribution in [3.63, 3.8) is 0 Å². The molecule has 128 valence electrons. The summed E-state index contributed by atoms with van der Waals surface area (Å²) in [4.78, 5) is 18.6. The Labute approximate surface area is 140 Å². The van der Waals surface area contributed by atoms with Crippen LogP contribution in [0.25, 0.3) is 0 Å². The van der Waals surface area contributed by atoms with Crippen molar-refractivity contribution in [2.24, 2.45) is 7.05 Å². The quantitative estimate of drug-likeness (QED) is 0.815. The molecule has 0 radical (unpaired) electrons. The highest BCUT2D eigenvalue weighted by atomic mass is 16.5. The first-order valence-electron chi connectivity index (χ1n) is 7.68. The number of benzene rings is 1. The Kier molecular flexibility index (Phi) is 4.57. The van der Waals surface area contributed by atoms with Crippen molar-refractivity contribution >= 4 is 23.0 Å². The molecule has 3 rings (SSSR count). The van der Waals surface area contributed by atoms with Gasteiger partial charge in [0.05, 0.1) is 49.9 Å². The van der Waals surface area contributed by atoms with Gasteiger partial charge < -0.3 is 30.0 Å². The molecule has 1 fully saturated rings. The molecule has 8 nitrogen and oxygen atoms in total. The Morgan fingerprint density at radius 3 is 2.75 bits per heavy atom. The lowest BCUT2D eigenvalue weighted by Crippen LogP contribution is -2.36. The zero-order valence-corrected chi connectivity index (χ0v) is 13.8. The van der Waals surface area contributed by atoms with Gasteiger partial charge in [0.25, 0.3) is 5.91 Å². The first-order valence-corrected chi connectivity index (χ1v) is 7.68. The van der Waals surface area contributed by atoms with Crippen LogP contribution in [0.1, 0.15) is 10.5 Å². The van der Waals surface area contributed by atoms with Gasteiger partial charge in [0.15, 0.2) is 0 Å². The van der Waals surface area contributed by atoms with E-state index in [4.69, 9.17) is 15.2 Å². The standard InChI is InChI=1S/C16H21N5O3/c1-20-10-18-9-14(20)16(22)19-12-7-11(17)15(23-2)8-13(12)21-3-5-24-6-4-21/h7-10H,3-6,17H2,1-2H3,(H,19,22). The number of aromatic nitrogens is 2. The second-order valence-corrected chi connectivity index (χ2v) is 5.55. The fourth-order valence-electron chi connectivity index (χ4n) is 2.69. The van der Waals surface area contributed by atoms with E-state index in [1.807, 2.05) is 6.07 Å². The highest BCUT2D eigenvalue weighted by Gasteiger charge is 2.20. The average molecular weight is 331 g/mol. The third-order valence-corrected chi connectivity index (χ3v) is 4.00. The maximum absolute atomic E-state index is 12.5. The Morgan fingerprint density at radius 2 is 2.12 bits per heavy atom. The summed E-state index contributed by atoms with van der Waals surface area (Å²) in [7, 11) is 3.34. The molecule has 1 amide bonds. The van der Waals surface area contributed by atoms with Crippen LogP contribution < -0.4 is 20.7 Å². The number of morpholine rings is 1. The summed E-state index contributed by atoms with van der Waals surface area (Å²) in [5.74, 6) is 0.337. The van der Waals surface area contributed by atoms with Crippen LogP contribution in [0.2, 0.25) is 0 Å². The smallest absolute Gasteiger partial charge is 0.273 e. The van der Waals surface area contributed by atoms with Crippen molar-refractivity contribution in [1.29, 1.82) is 0 Å². The van der Waals surface area contributed by atoms with Gasteiger partial charge in [0.2, 0.25) is 0 Å². The zero-order chi connectivity index (χ0) is 17.1. The molecule has 0 spiro atoms. The molecule has 8 heteroatoms. The molecule has 1 aromatic heterocycles. The van der Waals surface area contributed by atoms with Crippen LogP contribution >= 0.6 is 0 Å². The Hall–Kier alpha value is -2.74. The first-order chi connectivity index (χ1) is 11.6. The fourth-order valence-corrected chi connectivity index (χ4v) is 2.69. The number of carbonyl (C=O) groups excluding carboxylic acids is 1. The van der Waals surface area contributed by atoms with E-state index in [1.165, 1.54) is 6.20 Å². The number of methoxy groups -OCH3 is 1. The topological polar surface area (TPSA) is 94.6 Å². The van der Waals surface area contributed by atoms with Gasteiger partial charge in [-0.25, -0.2) is 4.98 Å². The second-order valence-electron chi connectivity index (χ2n) is 5.55. The minimum Gasteiger partial charge on any atom is -0.495 e. The SMILES string of the molecule is COc1cc(N2CCOCC2)c(NC(=O)c2cncn2C)cc1N. The van der Waals surface area contributed by atoms with Gasteiger partial charge in [-0.3, -0.25) is 4.79 Å². The minimum atomic E-state index is -0.242. The highest BCUT2D eigenvalue weighted by molar-refractivity contribution is 6.05. The molecule has 1 aliphatic heterocycles. The normalized spacial score (nSPS) is 14.5. The monoisotopic (exact) mass is 331 g/mol. The molecule has 0 atom stereocenters. The van der Waals surface area contributed by atoms with Gasteiger partial charge in [-0.1, -0.05) is 0 Å². The van der Waals surface area contributed by atoms with Crippen molar-refractivity contribution < 1.29 is 14.3 Å². The third-order valence-electron chi connectivity index (χ3n) is 4.00. The number of rotatable bonds is 4. The summed E-state index contributed by atoms with van der Waals surface area (Å²) in [6, 6.07) is 3.57. The molecule has 1 saturated heterocycles. The molecule has 1 aromatic carbocycles. The highest BCUT2D eigenvalue weighted by Crippen LogP contribution is 2.36. The molecule has 0 aliphatic carbocycles. The molecule has 0 bridgehead atoms. The molecule has 1 aliphatic rings. The lowest BCUT2D eigenvalue weighted by Gasteiger charge is -2.31. The Balaban J connectivity index is 1.94. The average Bonchev–Trinajstić information content (AvgIpc) is 3.02. The molecular formula is C16H21N5O3. The number of imidazole rings is 1. The van der Waals surface area contributed by atoms with Crippen molar-refractivity contribution in [2.45, 2.75) is 0 Å². The van der Waals surface area contributed by atoms with Crippen LogP contribution in [0.4, 0.5) is 17.1 Å². The Morgan fingerprint density at radius 1 is 1.38 bits per heavy atom. The zero-order valence-electron chi connectivity index (χ0n) is 13.8. The first kappa shape index (κ1) is 16.1. The number of aryl methyl sites for hydroxylation is 1. The van der Waals surface area contributed by atoms with Crippen molar-refractivity contribution in [3.05, 3.63) is 30.4 Å². The number of hydrogen-bond donors (Lipinski definition) is 2. The third kappa shape index (κ3) is 3.13. The summed E-state index contributed by atoms with van der Waals surface area (Å²) >= 11 is 0. The number of nitrogens with one attached hydrogen (secondary N) is 1. The summed E-state index contributed by atoms with van der Waals surface area (Å²) in [6.45, 7) is 2.76. The van der Waals surface area contributed by atoms with Crippen molar-refractivity contribution in [2.75, 3.05) is 49.4 Å². The number of nitrogen functional groups attached to an aromatic ring is 1. The van der Waals surface area contributed by atoms with Crippen LogP contribution in [-0.2, 0) is 11.8 Å². The molecule has 0 saturated carbocycles. The van der Waals surface area contributed by atoms with Gasteiger partial charge in [-0.15, -0.1) is 0 Å². The number of carbonyl (C=O) groups is 1. The molecule has 2 heterocycles. The van der Waals surface area contributed by atoms with E-state index in [9.17, 15) is 4.79 Å². The van der Waals surface area contributed by atoms with Gasteiger partial charge in [-0.2, -0.15) is 0 Å². The lowest BCUT2D eigenvalue weighted by molar-refractivity contribution is 0.101. The molecule has 2 aromatic rings. The lowest BCUT2D eigenvalue weighted by atomic mass is 10.2. The second kappa shape index (κ2) is 6.79. The molecular weight excluding hydrogens is 310 g/mol. The predicted molar refractivity (Wildman–Crippen MR) is 91.6 cm³/mol. The predicted octanol–water partition coefficient (Wildman–Crippen LogP) is 1.10. The van der Waals surface area contributed by atoms with E-state index < -0.39 is 0 Å². The van der Waals surface area contributed by atoms with Gasteiger partial charge >= 0.3 is 0 Å². The largest absolute Gasteiger partial charge is 0.495 e. The molecule has 0 unspecified atom stereocenters. The maximum Gasteiger partial charge on any atom is 0.273 e. The van der Waals surface area contributed by atoms with Crippen LogP contribution in [0.3, 0.4) is 0 Å². The fraction of sp³-hybridized carbons (Fsp3) is 0.375. The van der Waals surface area contributed by atoms with Crippen LogP contribution in [0.15, 0.2) is 24.7 Å². The number of nitrogens with zero attached hydrogens (tertiary/aromatic N) is 3. The van der Waals surface area contributed by atoms with E-state index in [0.717, 1.165) is 18.8 Å². The number of anilines is 3. The summed E-state index contributed by atoms with van der Waals surface area (Å²) in [5, 5.41) is 2.93. The summed E-state index contributed by atoms with van der Waals surface area (Å²) in [6.07, 6.45) is 3.11. The summed E-state index contributed by atoms with van der Waals surface area (Å²) in [5.41, 5.74) is 8.46. The number of hydrogen-bond acceptors (Lipinski definition) is 6. The van der Waals surface area contributed by atoms with Crippen molar-refractivity contribution in [3.8, 4) is 5.75 Å². The van der Waals surface area contributed by atoms with E-state index in [2.05, 4.69) is 15.2 Å². The minimum absolute atomic E-state index is 0.242. The van der Waals surface area contributed by atoms with Crippen LogP contribution in [0.5, 0.6) is 5.75 Å².